The Hall–Kier alpha value is -1.55. The number of rotatable bonds is 6. The topological polar surface area (TPSA) is 41.6 Å². The molecule has 1 heterocycles. The number of anilines is 1. The zero-order chi connectivity index (χ0) is 14.4. The van der Waals surface area contributed by atoms with Crippen LogP contribution in [0.25, 0.3) is 0 Å². The Morgan fingerprint density at radius 2 is 2.15 bits per heavy atom. The number of carbonyl (C=O) groups excluding carboxylic acids is 1. The SMILES string of the molecule is CCCNc1ccc(C(=O)N2CCC(COC)C2)cc1. The molecule has 1 aliphatic heterocycles. The first-order valence-electron chi connectivity index (χ1n) is 7.36. The number of hydrogen-bond donors (Lipinski definition) is 1. The minimum absolute atomic E-state index is 0.130. The zero-order valence-electron chi connectivity index (χ0n) is 12.4. The predicted molar refractivity (Wildman–Crippen MR) is 81.1 cm³/mol. The van der Waals surface area contributed by atoms with Gasteiger partial charge in [0.25, 0.3) is 5.91 Å². The molecule has 0 aliphatic carbocycles. The highest BCUT2D eigenvalue weighted by Crippen LogP contribution is 2.19. The van der Waals surface area contributed by atoms with E-state index >= 15 is 0 Å². The number of benzene rings is 1. The van der Waals surface area contributed by atoms with Crippen LogP contribution in [0.15, 0.2) is 24.3 Å². The van der Waals surface area contributed by atoms with Crippen molar-refractivity contribution in [2.45, 2.75) is 19.8 Å². The van der Waals surface area contributed by atoms with E-state index in [4.69, 9.17) is 4.74 Å². The summed E-state index contributed by atoms with van der Waals surface area (Å²) in [5.41, 5.74) is 1.84. The van der Waals surface area contributed by atoms with Crippen LogP contribution in [0, 0.1) is 5.92 Å². The lowest BCUT2D eigenvalue weighted by atomic mass is 10.1. The Balaban J connectivity index is 1.92. The molecule has 0 aromatic heterocycles. The van der Waals surface area contributed by atoms with E-state index < -0.39 is 0 Å². The van der Waals surface area contributed by atoms with E-state index in [1.165, 1.54) is 0 Å². The van der Waals surface area contributed by atoms with Crippen LogP contribution in [0.4, 0.5) is 5.69 Å². The number of methoxy groups -OCH3 is 1. The van der Waals surface area contributed by atoms with Gasteiger partial charge in [0.15, 0.2) is 0 Å². The minimum Gasteiger partial charge on any atom is -0.385 e. The molecule has 0 saturated carbocycles. The van der Waals surface area contributed by atoms with Gasteiger partial charge >= 0.3 is 0 Å². The highest BCUT2D eigenvalue weighted by molar-refractivity contribution is 5.94. The minimum atomic E-state index is 0.130. The second kappa shape index (κ2) is 7.29. The van der Waals surface area contributed by atoms with Gasteiger partial charge < -0.3 is 15.0 Å². The van der Waals surface area contributed by atoms with Gasteiger partial charge in [-0.05, 0) is 37.1 Å². The van der Waals surface area contributed by atoms with Crippen molar-refractivity contribution < 1.29 is 9.53 Å². The molecule has 1 amide bonds. The van der Waals surface area contributed by atoms with Crippen molar-refractivity contribution in [3.8, 4) is 0 Å². The van der Waals surface area contributed by atoms with Crippen LogP contribution in [-0.2, 0) is 4.74 Å². The second-order valence-electron chi connectivity index (χ2n) is 5.37. The molecule has 1 saturated heterocycles. The molecule has 1 N–H and O–H groups in total. The molecule has 20 heavy (non-hydrogen) atoms. The molecule has 1 unspecified atom stereocenters. The Morgan fingerprint density at radius 3 is 2.80 bits per heavy atom. The monoisotopic (exact) mass is 276 g/mol. The van der Waals surface area contributed by atoms with Crippen molar-refractivity contribution >= 4 is 11.6 Å². The zero-order valence-corrected chi connectivity index (χ0v) is 12.4. The van der Waals surface area contributed by atoms with E-state index in [0.29, 0.717) is 5.92 Å². The van der Waals surface area contributed by atoms with Gasteiger partial charge in [-0.3, -0.25) is 4.79 Å². The normalized spacial score (nSPS) is 18.3. The number of hydrogen-bond acceptors (Lipinski definition) is 3. The predicted octanol–water partition coefficient (Wildman–Crippen LogP) is 2.62. The first-order valence-corrected chi connectivity index (χ1v) is 7.36. The molecule has 0 radical (unpaired) electrons. The van der Waals surface area contributed by atoms with E-state index in [-0.39, 0.29) is 5.91 Å². The van der Waals surface area contributed by atoms with Gasteiger partial charge in [-0.25, -0.2) is 0 Å². The molecule has 1 fully saturated rings. The van der Waals surface area contributed by atoms with Gasteiger partial charge in [0.1, 0.15) is 0 Å². The third-order valence-electron chi connectivity index (χ3n) is 3.69. The third kappa shape index (κ3) is 3.73. The summed E-state index contributed by atoms with van der Waals surface area (Å²) < 4.78 is 5.17. The van der Waals surface area contributed by atoms with Gasteiger partial charge in [0.05, 0.1) is 6.61 Å². The summed E-state index contributed by atoms with van der Waals surface area (Å²) in [6.45, 7) is 5.47. The molecule has 0 bridgehead atoms. The summed E-state index contributed by atoms with van der Waals surface area (Å²) in [5, 5.41) is 3.31. The number of carbonyl (C=O) groups is 1. The van der Waals surface area contributed by atoms with Crippen molar-refractivity contribution in [2.24, 2.45) is 5.92 Å². The molecule has 4 heteroatoms. The fourth-order valence-electron chi connectivity index (χ4n) is 2.57. The van der Waals surface area contributed by atoms with Crippen LogP contribution in [0.3, 0.4) is 0 Å². The summed E-state index contributed by atoms with van der Waals surface area (Å²) in [5.74, 6) is 0.611. The Kier molecular flexibility index (Phi) is 5.41. The van der Waals surface area contributed by atoms with Crippen LogP contribution >= 0.6 is 0 Å². The lowest BCUT2D eigenvalue weighted by Gasteiger charge is -2.16. The summed E-state index contributed by atoms with van der Waals surface area (Å²) >= 11 is 0. The van der Waals surface area contributed by atoms with E-state index in [1.807, 2.05) is 29.2 Å². The van der Waals surface area contributed by atoms with Crippen molar-refractivity contribution in [3.05, 3.63) is 29.8 Å². The quantitative estimate of drug-likeness (QED) is 0.868. The third-order valence-corrected chi connectivity index (χ3v) is 3.69. The summed E-state index contributed by atoms with van der Waals surface area (Å²) in [4.78, 5) is 14.3. The highest BCUT2D eigenvalue weighted by atomic mass is 16.5. The number of likely N-dealkylation sites (tertiary alicyclic amines) is 1. The van der Waals surface area contributed by atoms with Gasteiger partial charge in [-0.15, -0.1) is 0 Å². The van der Waals surface area contributed by atoms with Gasteiger partial charge in [0, 0.05) is 43.9 Å². The van der Waals surface area contributed by atoms with Gasteiger partial charge in [0.2, 0.25) is 0 Å². The van der Waals surface area contributed by atoms with Gasteiger partial charge in [-0.1, -0.05) is 6.92 Å². The lowest BCUT2D eigenvalue weighted by molar-refractivity contribution is 0.0775. The average Bonchev–Trinajstić information content (AvgIpc) is 2.94. The molecule has 1 atom stereocenters. The van der Waals surface area contributed by atoms with Crippen molar-refractivity contribution in [2.75, 3.05) is 38.7 Å². The summed E-state index contributed by atoms with van der Waals surface area (Å²) in [6, 6.07) is 7.77. The second-order valence-corrected chi connectivity index (χ2v) is 5.37. The van der Waals surface area contributed by atoms with E-state index in [9.17, 15) is 4.79 Å². The van der Waals surface area contributed by atoms with Crippen LogP contribution in [0.1, 0.15) is 30.1 Å². The highest BCUT2D eigenvalue weighted by Gasteiger charge is 2.26. The molecule has 1 aromatic rings. The number of amides is 1. The van der Waals surface area contributed by atoms with E-state index in [1.54, 1.807) is 7.11 Å². The molecular weight excluding hydrogens is 252 g/mol. The van der Waals surface area contributed by atoms with Crippen LogP contribution < -0.4 is 5.32 Å². The fourth-order valence-corrected chi connectivity index (χ4v) is 2.57. The first-order chi connectivity index (χ1) is 9.74. The number of ether oxygens (including phenoxy) is 1. The van der Waals surface area contributed by atoms with Crippen LogP contribution in [0.2, 0.25) is 0 Å². The maximum Gasteiger partial charge on any atom is 0.253 e. The number of nitrogens with one attached hydrogen (secondary N) is 1. The van der Waals surface area contributed by atoms with Crippen LogP contribution in [0.5, 0.6) is 0 Å². The van der Waals surface area contributed by atoms with E-state index in [0.717, 1.165) is 50.3 Å². The molecule has 1 aromatic carbocycles. The summed E-state index contributed by atoms with van der Waals surface area (Å²) in [7, 11) is 1.71. The van der Waals surface area contributed by atoms with Crippen LogP contribution in [-0.4, -0.2) is 44.2 Å². The molecule has 1 aliphatic rings. The van der Waals surface area contributed by atoms with Crippen molar-refractivity contribution in [1.82, 2.24) is 4.90 Å². The maximum absolute atomic E-state index is 12.4. The molecule has 0 spiro atoms. The maximum atomic E-state index is 12.4. The molecule has 110 valence electrons. The van der Waals surface area contributed by atoms with E-state index in [2.05, 4.69) is 12.2 Å². The molecule has 4 nitrogen and oxygen atoms in total. The molecule has 2 rings (SSSR count). The Bertz CT molecular complexity index is 431. The average molecular weight is 276 g/mol. The fraction of sp³-hybridized carbons (Fsp3) is 0.562. The standard InChI is InChI=1S/C16H24N2O2/c1-3-9-17-15-6-4-14(5-7-15)16(19)18-10-8-13(11-18)12-20-2/h4-7,13,17H,3,8-12H2,1-2H3. The first kappa shape index (κ1) is 14.9. The smallest absolute Gasteiger partial charge is 0.253 e. The van der Waals surface area contributed by atoms with Crippen molar-refractivity contribution in [1.29, 1.82) is 0 Å². The largest absolute Gasteiger partial charge is 0.385 e. The molecular formula is C16H24N2O2. The lowest BCUT2D eigenvalue weighted by Crippen LogP contribution is -2.29. The summed E-state index contributed by atoms with van der Waals surface area (Å²) in [6.07, 6.45) is 2.13. The van der Waals surface area contributed by atoms with Gasteiger partial charge in [-0.2, -0.15) is 0 Å². The van der Waals surface area contributed by atoms with Crippen molar-refractivity contribution in [3.63, 3.8) is 0 Å². The number of nitrogens with zero attached hydrogens (tertiary/aromatic N) is 1. The Morgan fingerprint density at radius 1 is 1.40 bits per heavy atom. The Labute approximate surface area is 121 Å².